The Labute approximate surface area is 193 Å². The van der Waals surface area contributed by atoms with E-state index in [0.29, 0.717) is 6.04 Å². The molecular formula is C25H31FN6O. The average molecular weight is 451 g/mol. The Balaban J connectivity index is 1.21. The lowest BCUT2D eigenvalue weighted by molar-refractivity contribution is 0.0424. The van der Waals surface area contributed by atoms with Gasteiger partial charge in [0.05, 0.1) is 11.4 Å². The van der Waals surface area contributed by atoms with Crippen LogP contribution in [0.15, 0.2) is 29.3 Å². The number of allylic oxidation sites excluding steroid dienone is 4. The lowest BCUT2D eigenvalue weighted by Crippen LogP contribution is -2.58. The number of aliphatic hydroxyl groups is 1. The van der Waals surface area contributed by atoms with Gasteiger partial charge in [0.25, 0.3) is 0 Å². The fraction of sp³-hybridized carbons (Fsp3) is 0.520. The maximum Gasteiger partial charge on any atom is 0.159 e. The smallest absolute Gasteiger partial charge is 0.159 e. The van der Waals surface area contributed by atoms with Crippen LogP contribution >= 0.6 is 0 Å². The van der Waals surface area contributed by atoms with Gasteiger partial charge in [0.15, 0.2) is 5.82 Å². The minimum atomic E-state index is -0.412. The van der Waals surface area contributed by atoms with E-state index in [0.717, 1.165) is 79.5 Å². The first-order valence-corrected chi connectivity index (χ1v) is 12.0. The van der Waals surface area contributed by atoms with Gasteiger partial charge in [-0.2, -0.15) is 5.10 Å². The maximum atomic E-state index is 14.2. The molecule has 0 amide bonds. The van der Waals surface area contributed by atoms with Crippen molar-refractivity contribution in [3.05, 3.63) is 52.0 Å². The molecule has 1 saturated heterocycles. The Kier molecular flexibility index (Phi) is 5.03. The van der Waals surface area contributed by atoms with Gasteiger partial charge in [0, 0.05) is 56.3 Å². The van der Waals surface area contributed by atoms with Gasteiger partial charge in [-0.1, -0.05) is 24.6 Å². The molecular weight excluding hydrogens is 419 g/mol. The van der Waals surface area contributed by atoms with E-state index in [1.54, 1.807) is 6.08 Å². The van der Waals surface area contributed by atoms with Gasteiger partial charge in [-0.15, -0.1) is 0 Å². The van der Waals surface area contributed by atoms with Crippen LogP contribution in [-0.4, -0.2) is 67.8 Å². The van der Waals surface area contributed by atoms with E-state index in [9.17, 15) is 9.50 Å². The second-order valence-corrected chi connectivity index (χ2v) is 9.97. The summed E-state index contributed by atoms with van der Waals surface area (Å²) in [7, 11) is 2.17. The minimum absolute atomic E-state index is 0.0644. The fourth-order valence-corrected chi connectivity index (χ4v) is 5.92. The molecule has 0 aromatic carbocycles. The zero-order valence-electron chi connectivity index (χ0n) is 19.2. The molecule has 6 rings (SSSR count). The summed E-state index contributed by atoms with van der Waals surface area (Å²) < 4.78 is 14.2. The summed E-state index contributed by atoms with van der Waals surface area (Å²) in [5.74, 6) is 0.450. The highest BCUT2D eigenvalue weighted by molar-refractivity contribution is 5.71. The molecule has 0 saturated carbocycles. The Bertz CT molecular complexity index is 1170. The summed E-state index contributed by atoms with van der Waals surface area (Å²) in [6.45, 7) is 6.33. The number of rotatable bonds is 4. The van der Waals surface area contributed by atoms with E-state index in [1.165, 1.54) is 5.69 Å². The van der Waals surface area contributed by atoms with Crippen molar-refractivity contribution in [2.24, 2.45) is 11.8 Å². The van der Waals surface area contributed by atoms with Crippen molar-refractivity contribution in [2.45, 2.75) is 45.2 Å². The predicted molar refractivity (Wildman–Crippen MR) is 125 cm³/mol. The Morgan fingerprint density at radius 3 is 2.88 bits per heavy atom. The number of aromatic nitrogens is 4. The van der Waals surface area contributed by atoms with E-state index < -0.39 is 5.83 Å². The Morgan fingerprint density at radius 1 is 1.24 bits per heavy atom. The number of H-pyrrole nitrogens is 2. The zero-order chi connectivity index (χ0) is 22.7. The van der Waals surface area contributed by atoms with Crippen LogP contribution in [0, 0.1) is 11.8 Å². The number of fused-ring (bicyclic) bond motifs is 2. The standard InChI is InChI=1S/C25H31FN6O/c1-3-14-9-23(33)19(26)10-18(14)15-4-5-17-21(8-15)29-30-24(17)25-27-20-6-7-32(13-22(20)28-25)16-11-31(2)12-16/h4-5,9,15-16,18,33H,3,6-8,10-13H2,1-2H3,(H,27,28)(H,29,30). The number of halogens is 1. The van der Waals surface area contributed by atoms with Crippen LogP contribution in [0.3, 0.4) is 0 Å². The molecule has 0 spiro atoms. The van der Waals surface area contributed by atoms with Crippen molar-refractivity contribution in [3.8, 4) is 11.5 Å². The van der Waals surface area contributed by atoms with Crippen molar-refractivity contribution < 1.29 is 9.50 Å². The summed E-state index contributed by atoms with van der Waals surface area (Å²) in [6.07, 6.45) is 8.72. The van der Waals surface area contributed by atoms with E-state index in [4.69, 9.17) is 4.98 Å². The molecule has 4 heterocycles. The zero-order valence-corrected chi connectivity index (χ0v) is 19.2. The second-order valence-electron chi connectivity index (χ2n) is 9.97. The van der Waals surface area contributed by atoms with Gasteiger partial charge in [-0.05, 0) is 37.8 Å². The number of likely N-dealkylation sites (N-methyl/N-ethyl adjacent to an activating group) is 1. The van der Waals surface area contributed by atoms with E-state index in [1.807, 2.05) is 0 Å². The van der Waals surface area contributed by atoms with Crippen LogP contribution in [0.2, 0.25) is 0 Å². The van der Waals surface area contributed by atoms with Gasteiger partial charge in [-0.25, -0.2) is 9.37 Å². The number of imidazole rings is 1. The molecule has 7 nitrogen and oxygen atoms in total. The molecule has 0 bridgehead atoms. The molecule has 2 aliphatic heterocycles. The molecule has 2 aliphatic carbocycles. The van der Waals surface area contributed by atoms with Gasteiger partial charge in [0.2, 0.25) is 0 Å². The molecule has 4 aliphatic rings. The quantitative estimate of drug-likeness (QED) is 0.661. The van der Waals surface area contributed by atoms with E-state index in [-0.39, 0.29) is 24.0 Å². The first-order chi connectivity index (χ1) is 16.0. The number of aromatic amines is 2. The third kappa shape index (κ3) is 3.56. The predicted octanol–water partition coefficient (Wildman–Crippen LogP) is 3.75. The third-order valence-corrected chi connectivity index (χ3v) is 7.88. The van der Waals surface area contributed by atoms with Gasteiger partial charge in [-0.3, -0.25) is 10.00 Å². The molecule has 2 atom stereocenters. The lowest BCUT2D eigenvalue weighted by Gasteiger charge is -2.44. The molecule has 1 fully saturated rings. The normalized spacial score (nSPS) is 26.2. The fourth-order valence-electron chi connectivity index (χ4n) is 5.92. The van der Waals surface area contributed by atoms with Crippen LogP contribution in [-0.2, 0) is 19.4 Å². The summed E-state index contributed by atoms with van der Waals surface area (Å²) in [5, 5.41) is 17.7. The summed E-state index contributed by atoms with van der Waals surface area (Å²) in [6, 6.07) is 0.649. The van der Waals surface area contributed by atoms with Crippen LogP contribution in [0.4, 0.5) is 4.39 Å². The third-order valence-electron chi connectivity index (χ3n) is 7.88. The number of nitrogens with one attached hydrogen (secondary N) is 2. The molecule has 33 heavy (non-hydrogen) atoms. The van der Waals surface area contributed by atoms with Gasteiger partial charge in [0.1, 0.15) is 17.3 Å². The highest BCUT2D eigenvalue weighted by atomic mass is 19.1. The summed E-state index contributed by atoms with van der Waals surface area (Å²) in [4.78, 5) is 13.4. The maximum absolute atomic E-state index is 14.2. The second kappa shape index (κ2) is 7.95. The topological polar surface area (TPSA) is 84.1 Å². The van der Waals surface area contributed by atoms with E-state index in [2.05, 4.69) is 51.1 Å². The largest absolute Gasteiger partial charge is 0.505 e. The number of nitrogens with zero attached hydrogens (tertiary/aromatic N) is 4. The first-order valence-electron chi connectivity index (χ1n) is 12.0. The molecule has 8 heteroatoms. The Hall–Kier alpha value is -2.71. The highest BCUT2D eigenvalue weighted by Crippen LogP contribution is 2.41. The Morgan fingerprint density at radius 2 is 2.09 bits per heavy atom. The average Bonchev–Trinajstić information content (AvgIpc) is 3.41. The van der Waals surface area contributed by atoms with Crippen molar-refractivity contribution in [1.82, 2.24) is 30.0 Å². The first kappa shape index (κ1) is 20.9. The number of hydrogen-bond donors (Lipinski definition) is 3. The van der Waals surface area contributed by atoms with Crippen molar-refractivity contribution in [1.29, 1.82) is 0 Å². The van der Waals surface area contributed by atoms with Crippen molar-refractivity contribution in [3.63, 3.8) is 0 Å². The molecule has 0 radical (unpaired) electrons. The van der Waals surface area contributed by atoms with Gasteiger partial charge < -0.3 is 15.0 Å². The number of hydrogen-bond acceptors (Lipinski definition) is 5. The number of aliphatic hydroxyl groups excluding tert-OH is 1. The van der Waals surface area contributed by atoms with Gasteiger partial charge >= 0.3 is 0 Å². The monoisotopic (exact) mass is 450 g/mol. The molecule has 2 aromatic rings. The molecule has 3 N–H and O–H groups in total. The molecule has 2 aromatic heterocycles. The van der Waals surface area contributed by atoms with Crippen LogP contribution in [0.5, 0.6) is 0 Å². The van der Waals surface area contributed by atoms with E-state index >= 15 is 0 Å². The van der Waals surface area contributed by atoms with Crippen LogP contribution in [0.25, 0.3) is 17.6 Å². The molecule has 174 valence electrons. The summed E-state index contributed by atoms with van der Waals surface area (Å²) in [5.41, 5.74) is 6.48. The summed E-state index contributed by atoms with van der Waals surface area (Å²) >= 11 is 0. The lowest BCUT2D eigenvalue weighted by atomic mass is 9.75. The number of likely N-dealkylation sites (tertiary alicyclic amines) is 1. The minimum Gasteiger partial charge on any atom is -0.505 e. The molecule has 2 unspecified atom stereocenters. The van der Waals surface area contributed by atoms with Crippen LogP contribution in [0.1, 0.15) is 42.4 Å². The SMILES string of the molecule is CCC1=CC(O)=C(F)CC1C1C=Cc2c(-c3nc4c([nH]3)CN(C3CN(C)C3)CC4)n[nH]c2C1. The highest BCUT2D eigenvalue weighted by Gasteiger charge is 2.34. The van der Waals surface area contributed by atoms with Crippen molar-refractivity contribution in [2.75, 3.05) is 26.7 Å². The van der Waals surface area contributed by atoms with Crippen LogP contribution < -0.4 is 0 Å². The van der Waals surface area contributed by atoms with Crippen molar-refractivity contribution >= 4 is 6.08 Å².